The summed E-state index contributed by atoms with van der Waals surface area (Å²) in [5, 5.41) is 199. The van der Waals surface area contributed by atoms with Gasteiger partial charge in [-0.1, -0.05) is 0 Å². The normalized spacial score (nSPS) is 20.6. The monoisotopic (exact) mass is 840 g/mol. The average molecular weight is 841 g/mol. The Bertz CT molecular complexity index is 863. The van der Waals surface area contributed by atoms with Gasteiger partial charge in [-0.05, 0) is 0 Å². The Hall–Kier alpha value is -2.57. The van der Waals surface area contributed by atoms with Crippen LogP contribution in [-0.4, -0.2) is 292 Å². The van der Waals surface area contributed by atoms with Gasteiger partial charge in [-0.15, -0.1) is 0 Å². The fraction of sp³-hybridized carbons (Fsp3) is 0.821. The van der Waals surface area contributed by atoms with E-state index >= 15 is 0 Å². The lowest BCUT2D eigenvalue weighted by molar-refractivity contribution is -0.136. The van der Waals surface area contributed by atoms with E-state index in [1.165, 1.54) is 0 Å². The number of aliphatic hydroxyl groups is 23. The number of aliphatic hydroxyl groups excluding tert-OH is 23. The van der Waals surface area contributed by atoms with Crippen LogP contribution in [0.5, 0.6) is 0 Å². The number of hydrogen-bond donors (Lipinski definition) is 23. The van der Waals surface area contributed by atoms with E-state index in [1.54, 1.807) is 0 Å². The average Bonchev–Trinajstić information content (AvgIpc) is 3.24. The van der Waals surface area contributed by atoms with Crippen molar-refractivity contribution in [1.29, 1.82) is 0 Å². The van der Waals surface area contributed by atoms with Gasteiger partial charge < -0.3 is 141 Å². The minimum Gasteiger partial charge on any atom is -0.394 e. The summed E-state index contributed by atoms with van der Waals surface area (Å²) in [5.41, 5.74) is 0. The molecule has 0 heterocycles. The van der Waals surface area contributed by atoms with E-state index < -0.39 is 143 Å². The van der Waals surface area contributed by atoms with Crippen LogP contribution < -0.4 is 0 Å². The van der Waals surface area contributed by atoms with Crippen molar-refractivity contribution in [3.8, 4) is 0 Å². The zero-order chi connectivity index (χ0) is 45.5. The molecule has 336 valence electrons. The SMILES string of the molecule is O=C[C@@H](O)[C@@H](O)[C@H](O)[C@H](O)CO.O=C[C@H](O)[C@@H](O)[C@@H](O)CO.O=C[C@H](O)[C@@H](O)[C@@H](O)[C@H](O)CO.O=C[C@H](O)[C@@H](O)[C@H](O)CO.O=C[C@H](O)[C@@H](O)[C@H](O)[C@H](O)CO. The molecule has 0 aromatic heterocycles. The Balaban J connectivity index is -0.000000194. The molecule has 0 aliphatic carbocycles. The van der Waals surface area contributed by atoms with Gasteiger partial charge >= 0.3 is 0 Å². The maximum atomic E-state index is 9.90. The van der Waals surface area contributed by atoms with Crippen molar-refractivity contribution in [1.82, 2.24) is 0 Å². The lowest BCUT2D eigenvalue weighted by atomic mass is 10.0. The zero-order valence-corrected chi connectivity index (χ0v) is 29.1. The Kier molecular flexibility index (Phi) is 41.1. The fourth-order valence-electron chi connectivity index (χ4n) is 2.69. The van der Waals surface area contributed by atoms with Gasteiger partial charge in [0, 0.05) is 0 Å². The topological polar surface area (TPSA) is 551 Å². The third-order valence-corrected chi connectivity index (χ3v) is 6.40. The summed E-state index contributed by atoms with van der Waals surface area (Å²) in [7, 11) is 0. The number of hydrogen-bond acceptors (Lipinski definition) is 28. The van der Waals surface area contributed by atoms with Gasteiger partial charge in [0.25, 0.3) is 0 Å². The molecule has 0 saturated carbocycles. The van der Waals surface area contributed by atoms with E-state index in [4.69, 9.17) is 117 Å². The highest BCUT2D eigenvalue weighted by Crippen LogP contribution is 2.05. The summed E-state index contributed by atoms with van der Waals surface area (Å²) in [5.74, 6) is 0. The number of rotatable bonds is 23. The zero-order valence-electron chi connectivity index (χ0n) is 29.1. The van der Waals surface area contributed by atoms with E-state index in [0.29, 0.717) is 0 Å². The predicted octanol–water partition coefficient (Wildman–Crippen LogP) is -15.6. The first-order valence-corrected chi connectivity index (χ1v) is 15.4. The smallest absolute Gasteiger partial charge is 0.151 e. The molecule has 28 nitrogen and oxygen atoms in total. The highest BCUT2D eigenvalue weighted by molar-refractivity contribution is 5.58. The molecule has 0 unspecified atom stereocenters. The first-order chi connectivity index (χ1) is 25.9. The van der Waals surface area contributed by atoms with Crippen molar-refractivity contribution in [3.05, 3.63) is 0 Å². The van der Waals surface area contributed by atoms with Gasteiger partial charge in [0.15, 0.2) is 31.4 Å². The highest BCUT2D eigenvalue weighted by Gasteiger charge is 2.31. The molecule has 0 rings (SSSR count). The third-order valence-electron chi connectivity index (χ3n) is 6.40. The summed E-state index contributed by atoms with van der Waals surface area (Å²) >= 11 is 0. The predicted molar refractivity (Wildman–Crippen MR) is 174 cm³/mol. The van der Waals surface area contributed by atoms with Crippen LogP contribution in [0.25, 0.3) is 0 Å². The van der Waals surface area contributed by atoms with E-state index in [9.17, 15) is 24.0 Å². The van der Waals surface area contributed by atoms with E-state index in [1.807, 2.05) is 0 Å². The van der Waals surface area contributed by atoms with Crippen molar-refractivity contribution in [2.75, 3.05) is 33.0 Å². The molecule has 0 aromatic rings. The van der Waals surface area contributed by atoms with Crippen LogP contribution in [0.2, 0.25) is 0 Å². The van der Waals surface area contributed by atoms with Crippen LogP contribution in [0, 0.1) is 0 Å². The molecular formula is C28H56O28. The molecular weight excluding hydrogens is 784 g/mol. The number of carbonyl (C=O) groups is 5. The Morgan fingerprint density at radius 1 is 0.232 bits per heavy atom. The van der Waals surface area contributed by atoms with Crippen LogP contribution in [-0.2, 0) is 24.0 Å². The van der Waals surface area contributed by atoms with Crippen LogP contribution in [0.15, 0.2) is 0 Å². The molecule has 0 aromatic carbocycles. The van der Waals surface area contributed by atoms with E-state index in [-0.39, 0.29) is 31.4 Å². The quantitative estimate of drug-likeness (QED) is 0.0425. The highest BCUT2D eigenvalue weighted by atomic mass is 16.4. The molecule has 23 N–H and O–H groups in total. The Labute approximate surface area is 316 Å². The van der Waals surface area contributed by atoms with Crippen molar-refractivity contribution in [2.45, 2.75) is 110 Å². The molecule has 0 saturated heterocycles. The lowest BCUT2D eigenvalue weighted by Gasteiger charge is -2.22. The Morgan fingerprint density at radius 2 is 0.357 bits per heavy atom. The molecule has 56 heavy (non-hydrogen) atoms. The maximum absolute atomic E-state index is 9.90. The van der Waals surface area contributed by atoms with Gasteiger partial charge in [-0.2, -0.15) is 0 Å². The van der Waals surface area contributed by atoms with Crippen LogP contribution in [0.4, 0.5) is 0 Å². The van der Waals surface area contributed by atoms with Gasteiger partial charge in [-0.25, -0.2) is 0 Å². The molecule has 0 aliphatic rings. The molecule has 0 spiro atoms. The minimum atomic E-state index is -1.79. The maximum Gasteiger partial charge on any atom is 0.151 e. The van der Waals surface area contributed by atoms with E-state index in [0.717, 1.165) is 0 Å². The summed E-state index contributed by atoms with van der Waals surface area (Å²) < 4.78 is 0. The van der Waals surface area contributed by atoms with Gasteiger partial charge in [0.2, 0.25) is 0 Å². The number of carbonyl (C=O) groups excluding carboxylic acids is 5. The fourth-order valence-corrected chi connectivity index (χ4v) is 2.69. The molecule has 0 aliphatic heterocycles. The van der Waals surface area contributed by atoms with Crippen LogP contribution >= 0.6 is 0 Å². The van der Waals surface area contributed by atoms with Crippen molar-refractivity contribution < 1.29 is 141 Å². The largest absolute Gasteiger partial charge is 0.394 e. The van der Waals surface area contributed by atoms with Crippen LogP contribution in [0.3, 0.4) is 0 Å². The third kappa shape index (κ3) is 27.1. The molecule has 28 heteroatoms. The van der Waals surface area contributed by atoms with Crippen molar-refractivity contribution in [3.63, 3.8) is 0 Å². The second kappa shape index (κ2) is 36.7. The molecule has 0 amide bonds. The van der Waals surface area contributed by atoms with Crippen LogP contribution in [0.1, 0.15) is 0 Å². The van der Waals surface area contributed by atoms with Crippen molar-refractivity contribution in [2.24, 2.45) is 0 Å². The first-order valence-electron chi connectivity index (χ1n) is 15.4. The van der Waals surface area contributed by atoms with E-state index in [2.05, 4.69) is 0 Å². The molecule has 18 atom stereocenters. The standard InChI is InChI=1S/3C6H12O6.2C5H10O5/c3*7-1-3(9)5(11)6(12)4(10)2-8;2*6-1-3(8)5(10)4(9)2-7/h3*1,3-6,8-12H,2H2;2*1,3-5,7-10H,2H2/t3-,4+,5+,6+;3-,4+,5+,6-;3-,4-,5-,6-;3-,4+,5+;3-,4-,5+/m00100/s1. The Morgan fingerprint density at radius 3 is 0.482 bits per heavy atom. The molecule has 0 bridgehead atoms. The second-order valence-electron chi connectivity index (χ2n) is 10.8. The summed E-state index contributed by atoms with van der Waals surface area (Å²) in [4.78, 5) is 49.2. The lowest BCUT2D eigenvalue weighted by Crippen LogP contribution is -2.46. The minimum absolute atomic E-state index is 0.0258. The molecule has 0 radical (unpaired) electrons. The first kappa shape index (κ1) is 62.6. The van der Waals surface area contributed by atoms with Gasteiger partial charge in [0.1, 0.15) is 110 Å². The van der Waals surface area contributed by atoms with Gasteiger partial charge in [0.05, 0.1) is 33.0 Å². The second-order valence-corrected chi connectivity index (χ2v) is 10.8. The van der Waals surface area contributed by atoms with Crippen molar-refractivity contribution >= 4 is 31.4 Å². The summed E-state index contributed by atoms with van der Waals surface area (Å²) in [6.45, 7) is -3.66. The summed E-state index contributed by atoms with van der Waals surface area (Å²) in [6.07, 6.45) is -29.8. The molecule has 0 fully saturated rings. The van der Waals surface area contributed by atoms with Gasteiger partial charge in [-0.3, -0.25) is 0 Å². The number of aldehydes is 5. The summed E-state index contributed by atoms with van der Waals surface area (Å²) in [6, 6.07) is 0.